The van der Waals surface area contributed by atoms with Crippen LogP contribution in [0.15, 0.2) is 30.6 Å². The molecule has 1 aromatic heterocycles. The second-order valence-electron chi connectivity index (χ2n) is 6.76. The topological polar surface area (TPSA) is 61.0 Å². The molecule has 3 rings (SSSR count). The molecule has 116 valence electrons. The number of fused-ring (bicyclic) bond motifs is 1. The third kappa shape index (κ3) is 2.98. The minimum atomic E-state index is -0.0660. The van der Waals surface area contributed by atoms with Gasteiger partial charge in [-0.25, -0.2) is 9.78 Å². The van der Waals surface area contributed by atoms with Gasteiger partial charge in [-0.1, -0.05) is 32.9 Å². The Bertz CT molecular complexity index is 667. The average Bonchev–Trinajstić information content (AvgIpc) is 2.94. The van der Waals surface area contributed by atoms with Gasteiger partial charge < -0.3 is 15.2 Å². The van der Waals surface area contributed by atoms with Crippen LogP contribution in [0.5, 0.6) is 0 Å². The second kappa shape index (κ2) is 5.48. The van der Waals surface area contributed by atoms with Gasteiger partial charge in [-0.2, -0.15) is 0 Å². The fourth-order valence-electron chi connectivity index (χ4n) is 2.64. The molecule has 5 heteroatoms. The highest BCUT2D eigenvalue weighted by molar-refractivity contribution is 5.89. The van der Waals surface area contributed by atoms with Crippen LogP contribution in [0.2, 0.25) is 0 Å². The molecule has 22 heavy (non-hydrogen) atoms. The zero-order valence-corrected chi connectivity index (χ0v) is 13.3. The summed E-state index contributed by atoms with van der Waals surface area (Å²) in [6.45, 7) is 7.81. The molecule has 1 aliphatic heterocycles. The predicted octanol–water partition coefficient (Wildman–Crippen LogP) is 3.30. The first-order valence-electron chi connectivity index (χ1n) is 7.61. The number of rotatable bonds is 1. The van der Waals surface area contributed by atoms with Crippen molar-refractivity contribution in [3.8, 4) is 0 Å². The van der Waals surface area contributed by atoms with E-state index in [-0.39, 0.29) is 11.4 Å². The number of H-pyrrole nitrogens is 1. The Morgan fingerprint density at radius 2 is 2.00 bits per heavy atom. The Hall–Kier alpha value is -2.30. The number of hydrogen-bond acceptors (Lipinski definition) is 2. The summed E-state index contributed by atoms with van der Waals surface area (Å²) >= 11 is 0. The number of anilines is 1. The van der Waals surface area contributed by atoms with Gasteiger partial charge in [0.05, 0.1) is 24.3 Å². The average molecular weight is 298 g/mol. The minimum absolute atomic E-state index is 0.0660. The van der Waals surface area contributed by atoms with E-state index < -0.39 is 0 Å². The molecule has 2 amide bonds. The smallest absolute Gasteiger partial charge is 0.322 e. The Morgan fingerprint density at radius 3 is 2.68 bits per heavy atom. The Morgan fingerprint density at radius 1 is 1.27 bits per heavy atom. The fourth-order valence-corrected chi connectivity index (χ4v) is 2.64. The van der Waals surface area contributed by atoms with Gasteiger partial charge in [-0.05, 0) is 23.1 Å². The summed E-state index contributed by atoms with van der Waals surface area (Å²) in [4.78, 5) is 21.5. The van der Waals surface area contributed by atoms with Crippen LogP contribution in [0, 0.1) is 0 Å². The van der Waals surface area contributed by atoms with E-state index in [0.717, 1.165) is 23.5 Å². The van der Waals surface area contributed by atoms with Crippen LogP contribution in [0.25, 0.3) is 0 Å². The number of imidazole rings is 1. The molecule has 1 aromatic carbocycles. The highest BCUT2D eigenvalue weighted by atomic mass is 16.2. The first kappa shape index (κ1) is 14.6. The predicted molar refractivity (Wildman–Crippen MR) is 86.9 cm³/mol. The highest BCUT2D eigenvalue weighted by Gasteiger charge is 2.22. The second-order valence-corrected chi connectivity index (χ2v) is 6.76. The molecule has 0 radical (unpaired) electrons. The number of benzene rings is 1. The van der Waals surface area contributed by atoms with Crippen LogP contribution >= 0.6 is 0 Å². The third-order valence-corrected chi connectivity index (χ3v) is 4.06. The van der Waals surface area contributed by atoms with E-state index >= 15 is 0 Å². The van der Waals surface area contributed by atoms with Crippen LogP contribution in [0.4, 0.5) is 10.5 Å². The van der Waals surface area contributed by atoms with Crippen molar-refractivity contribution in [3.63, 3.8) is 0 Å². The van der Waals surface area contributed by atoms with Crippen molar-refractivity contribution in [1.29, 1.82) is 0 Å². The van der Waals surface area contributed by atoms with E-state index in [9.17, 15) is 4.79 Å². The van der Waals surface area contributed by atoms with Gasteiger partial charge in [0.1, 0.15) is 0 Å². The number of aromatic amines is 1. The lowest BCUT2D eigenvalue weighted by Crippen LogP contribution is -2.38. The molecule has 1 aliphatic rings. The van der Waals surface area contributed by atoms with Crippen molar-refractivity contribution in [1.82, 2.24) is 14.9 Å². The summed E-state index contributed by atoms with van der Waals surface area (Å²) in [5, 5.41) is 2.97. The Kier molecular flexibility index (Phi) is 3.64. The lowest BCUT2D eigenvalue weighted by Gasteiger charge is -2.26. The third-order valence-electron chi connectivity index (χ3n) is 4.06. The van der Waals surface area contributed by atoms with Crippen molar-refractivity contribution in [2.24, 2.45) is 0 Å². The van der Waals surface area contributed by atoms with Crippen molar-refractivity contribution in [3.05, 3.63) is 47.5 Å². The van der Waals surface area contributed by atoms with Gasteiger partial charge in [0.15, 0.2) is 0 Å². The van der Waals surface area contributed by atoms with E-state index in [0.29, 0.717) is 13.1 Å². The number of amides is 2. The molecule has 0 unspecified atom stereocenters. The van der Waals surface area contributed by atoms with Crippen molar-refractivity contribution >= 4 is 11.7 Å². The number of aromatic nitrogens is 2. The number of nitrogens with one attached hydrogen (secondary N) is 2. The van der Waals surface area contributed by atoms with Gasteiger partial charge in [-0.3, -0.25) is 0 Å². The first-order chi connectivity index (χ1) is 10.4. The number of carbonyl (C=O) groups is 1. The van der Waals surface area contributed by atoms with Gasteiger partial charge >= 0.3 is 6.03 Å². The molecule has 5 nitrogen and oxygen atoms in total. The SMILES string of the molecule is CC(C)(C)c1ccc(NC(=O)N2CCc3nc[nH]c3C2)cc1. The van der Waals surface area contributed by atoms with Crippen LogP contribution < -0.4 is 5.32 Å². The van der Waals surface area contributed by atoms with E-state index in [2.05, 4.69) is 48.2 Å². The Balaban J connectivity index is 1.65. The number of carbonyl (C=O) groups excluding carboxylic acids is 1. The van der Waals surface area contributed by atoms with E-state index in [1.165, 1.54) is 5.56 Å². The standard InChI is InChI=1S/C17H22N4O/c1-17(2,3)12-4-6-13(7-5-12)20-16(22)21-9-8-14-15(10-21)19-11-18-14/h4-7,11H,8-10H2,1-3H3,(H,18,19)(H,20,22). The van der Waals surface area contributed by atoms with Gasteiger partial charge in [-0.15, -0.1) is 0 Å². The molecule has 0 spiro atoms. The highest BCUT2D eigenvalue weighted by Crippen LogP contribution is 2.24. The molecule has 2 N–H and O–H groups in total. The molecular weight excluding hydrogens is 276 g/mol. The van der Waals surface area contributed by atoms with Gasteiger partial charge in [0.2, 0.25) is 0 Å². The van der Waals surface area contributed by atoms with Crippen molar-refractivity contribution in [2.75, 3.05) is 11.9 Å². The summed E-state index contributed by atoms with van der Waals surface area (Å²) in [6, 6.07) is 8.00. The maximum Gasteiger partial charge on any atom is 0.322 e. The van der Waals surface area contributed by atoms with Crippen molar-refractivity contribution < 1.29 is 4.79 Å². The molecule has 0 fully saturated rings. The number of nitrogens with zero attached hydrogens (tertiary/aromatic N) is 2. The molecule has 2 aromatic rings. The summed E-state index contributed by atoms with van der Waals surface area (Å²) in [6.07, 6.45) is 2.49. The van der Waals surface area contributed by atoms with Crippen LogP contribution in [-0.2, 0) is 18.4 Å². The number of hydrogen-bond donors (Lipinski definition) is 2. The molecule has 2 heterocycles. The summed E-state index contributed by atoms with van der Waals surface area (Å²) in [5.41, 5.74) is 4.30. The van der Waals surface area contributed by atoms with Gasteiger partial charge in [0.25, 0.3) is 0 Å². The van der Waals surface area contributed by atoms with Crippen molar-refractivity contribution in [2.45, 2.75) is 39.2 Å². The summed E-state index contributed by atoms with van der Waals surface area (Å²) in [5.74, 6) is 0. The molecule has 0 saturated heterocycles. The first-order valence-corrected chi connectivity index (χ1v) is 7.61. The van der Waals surface area contributed by atoms with Gasteiger partial charge in [0, 0.05) is 18.7 Å². The van der Waals surface area contributed by atoms with E-state index in [4.69, 9.17) is 0 Å². The zero-order chi connectivity index (χ0) is 15.7. The summed E-state index contributed by atoms with van der Waals surface area (Å²) < 4.78 is 0. The lowest BCUT2D eigenvalue weighted by molar-refractivity contribution is 0.205. The monoisotopic (exact) mass is 298 g/mol. The molecular formula is C17H22N4O. The quantitative estimate of drug-likeness (QED) is 0.848. The summed E-state index contributed by atoms with van der Waals surface area (Å²) in [7, 11) is 0. The zero-order valence-electron chi connectivity index (χ0n) is 13.3. The fraction of sp³-hybridized carbons (Fsp3) is 0.412. The number of urea groups is 1. The maximum absolute atomic E-state index is 12.4. The molecule has 0 aliphatic carbocycles. The van der Waals surface area contributed by atoms with E-state index in [1.807, 2.05) is 12.1 Å². The molecule has 0 saturated carbocycles. The largest absolute Gasteiger partial charge is 0.347 e. The molecule has 0 atom stereocenters. The normalized spacial score (nSPS) is 14.6. The van der Waals surface area contributed by atoms with Crippen LogP contribution in [-0.4, -0.2) is 27.4 Å². The van der Waals surface area contributed by atoms with Crippen LogP contribution in [0.3, 0.4) is 0 Å². The lowest BCUT2D eigenvalue weighted by atomic mass is 9.87. The Labute approximate surface area is 130 Å². The minimum Gasteiger partial charge on any atom is -0.347 e. The van der Waals surface area contributed by atoms with E-state index in [1.54, 1.807) is 11.2 Å². The molecule has 0 bridgehead atoms. The maximum atomic E-state index is 12.4. The van der Waals surface area contributed by atoms with Crippen LogP contribution in [0.1, 0.15) is 37.7 Å².